The molecule has 0 amide bonds. The first-order chi connectivity index (χ1) is 31.1. The fourth-order valence-electron chi connectivity index (χ4n) is 5.55. The normalized spacial score (nSPS) is 11.0. The molecule has 358 valence electrons. The minimum atomic E-state index is -3.53. The van der Waals surface area contributed by atoms with Crippen LogP contribution in [0.15, 0.2) is 107 Å². The van der Waals surface area contributed by atoms with Gasteiger partial charge in [-0.3, -0.25) is 20.2 Å². The Labute approximate surface area is 403 Å². The van der Waals surface area contributed by atoms with Gasteiger partial charge in [-0.15, -0.1) is 0 Å². The SMILES string of the molecule is C.CC(C)S(=O)(=O)c1ccccc1Nc1nc(Cl)ncc1Cl.COc1ccc([N+](=O)[O-])cc1CN.Cc1ccc([N+](=O)[O-])cc1CNc1ncc(Cl)c(Nc2ccccc2S(=O)(=O)C(C)C)n1. The summed E-state index contributed by atoms with van der Waals surface area (Å²) in [6.45, 7) is 8.81. The molecule has 2 aromatic heterocycles. The van der Waals surface area contributed by atoms with Gasteiger partial charge in [-0.2, -0.15) is 9.97 Å². The lowest BCUT2D eigenvalue weighted by Crippen LogP contribution is -2.15. The Bertz CT molecular complexity index is 2930. The van der Waals surface area contributed by atoms with Gasteiger partial charge in [0.15, 0.2) is 31.3 Å². The molecule has 2 heterocycles. The Morgan fingerprint density at radius 3 is 1.64 bits per heavy atom. The highest BCUT2D eigenvalue weighted by atomic mass is 35.5. The number of methoxy groups -OCH3 is 1. The van der Waals surface area contributed by atoms with E-state index < -0.39 is 40.0 Å². The summed E-state index contributed by atoms with van der Waals surface area (Å²) in [5, 5.41) is 29.7. The number of rotatable bonds is 15. The van der Waals surface area contributed by atoms with Crippen LogP contribution in [0.2, 0.25) is 15.3 Å². The Hall–Kier alpha value is -6.23. The number of hydrogen-bond donors (Lipinski definition) is 4. The molecule has 0 unspecified atom stereocenters. The largest absolute Gasteiger partial charge is 0.496 e. The highest BCUT2D eigenvalue weighted by Gasteiger charge is 2.24. The summed E-state index contributed by atoms with van der Waals surface area (Å²) in [4.78, 5) is 37.0. The second-order valence-electron chi connectivity index (χ2n) is 14.3. The molecular weight excluding hydrogens is 971 g/mol. The smallest absolute Gasteiger partial charge is 0.270 e. The van der Waals surface area contributed by atoms with Crippen molar-refractivity contribution in [3.05, 3.63) is 150 Å². The van der Waals surface area contributed by atoms with E-state index >= 15 is 0 Å². The van der Waals surface area contributed by atoms with Crippen LogP contribution in [0, 0.1) is 27.2 Å². The highest BCUT2D eigenvalue weighted by molar-refractivity contribution is 7.92. The van der Waals surface area contributed by atoms with Crippen molar-refractivity contribution in [3.63, 3.8) is 0 Å². The average molecular weight is 1020 g/mol. The summed E-state index contributed by atoms with van der Waals surface area (Å²) in [6, 6.07) is 22.0. The lowest BCUT2D eigenvalue weighted by molar-refractivity contribution is -0.385. The molecule has 0 aliphatic heterocycles. The Kier molecular flexibility index (Phi) is 20.2. The molecule has 0 spiro atoms. The summed E-state index contributed by atoms with van der Waals surface area (Å²) in [5.41, 5.74) is 8.39. The molecule has 24 heteroatoms. The number of ether oxygens (including phenoxy) is 1. The van der Waals surface area contributed by atoms with Gasteiger partial charge in [-0.1, -0.05) is 61.0 Å². The molecule has 4 aromatic carbocycles. The molecule has 6 rings (SSSR count). The maximum absolute atomic E-state index is 12.7. The summed E-state index contributed by atoms with van der Waals surface area (Å²) in [5.74, 6) is 1.29. The number of aryl methyl sites for hydroxylation is 1. The van der Waals surface area contributed by atoms with Gasteiger partial charge in [0.25, 0.3) is 11.4 Å². The summed E-state index contributed by atoms with van der Waals surface area (Å²) in [6.07, 6.45) is 2.73. The van der Waals surface area contributed by atoms with Gasteiger partial charge < -0.3 is 26.4 Å². The predicted molar refractivity (Wildman–Crippen MR) is 263 cm³/mol. The number of sulfone groups is 2. The lowest BCUT2D eigenvalue weighted by Gasteiger charge is -2.15. The molecule has 0 saturated carbocycles. The third-order valence-electron chi connectivity index (χ3n) is 9.27. The van der Waals surface area contributed by atoms with Gasteiger partial charge >= 0.3 is 0 Å². The molecular formula is C43H49Cl3N10O9S2. The van der Waals surface area contributed by atoms with E-state index in [9.17, 15) is 37.1 Å². The predicted octanol–water partition coefficient (Wildman–Crippen LogP) is 10.3. The van der Waals surface area contributed by atoms with E-state index in [1.54, 1.807) is 76.2 Å². The van der Waals surface area contributed by atoms with Crippen LogP contribution in [-0.4, -0.2) is 64.2 Å². The van der Waals surface area contributed by atoms with Crippen LogP contribution in [0.1, 0.15) is 51.8 Å². The summed E-state index contributed by atoms with van der Waals surface area (Å²) in [7, 11) is -5.46. The molecule has 0 radical (unpaired) electrons. The minimum Gasteiger partial charge on any atom is -0.496 e. The molecule has 0 saturated heterocycles. The van der Waals surface area contributed by atoms with Crippen molar-refractivity contribution in [3.8, 4) is 5.75 Å². The number of non-ortho nitro benzene ring substituents is 2. The molecule has 0 aliphatic rings. The fourth-order valence-corrected chi connectivity index (χ4v) is 8.36. The van der Waals surface area contributed by atoms with Gasteiger partial charge in [0, 0.05) is 42.9 Å². The Morgan fingerprint density at radius 1 is 0.701 bits per heavy atom. The van der Waals surface area contributed by atoms with E-state index in [-0.39, 0.29) is 74.6 Å². The topological polar surface area (TPSA) is 277 Å². The van der Waals surface area contributed by atoms with Crippen molar-refractivity contribution >= 4 is 94.8 Å². The average Bonchev–Trinajstić information content (AvgIpc) is 3.28. The second-order valence-corrected chi connectivity index (χ2v) is 20.4. The maximum Gasteiger partial charge on any atom is 0.270 e. The van der Waals surface area contributed by atoms with Crippen molar-refractivity contribution in [2.75, 3.05) is 23.1 Å². The summed E-state index contributed by atoms with van der Waals surface area (Å²) >= 11 is 17.9. The molecule has 5 N–H and O–H groups in total. The number of benzene rings is 4. The first-order valence-electron chi connectivity index (χ1n) is 19.5. The second kappa shape index (κ2) is 24.5. The van der Waals surface area contributed by atoms with Crippen LogP contribution in [0.4, 0.5) is 40.3 Å². The minimum absolute atomic E-state index is 0. The molecule has 6 aromatic rings. The number of aromatic nitrogens is 4. The van der Waals surface area contributed by atoms with E-state index in [2.05, 4.69) is 35.9 Å². The maximum atomic E-state index is 12.7. The van der Waals surface area contributed by atoms with Gasteiger partial charge in [0.2, 0.25) is 11.2 Å². The number of para-hydroxylation sites is 2. The van der Waals surface area contributed by atoms with E-state index in [0.717, 1.165) is 11.1 Å². The number of anilines is 5. The monoisotopic (exact) mass is 1020 g/mol. The standard InChI is InChI=1S/C21H22ClN5O4S.C13H13Cl2N3O2S.C8H10N2O3.CH4/c1-13(2)32(30,31)19-7-5-4-6-18(19)25-20-17(22)12-24-21(26-20)23-11-15-10-16(27(28)29)9-8-14(15)3;1-8(2)21(19,20)11-6-4-3-5-10(11)17-12-9(14)7-16-13(15)18-12;1-13-8-3-2-7(10(11)12)4-6(8)5-9;/h4-10,12-13H,11H2,1-3H3,(H2,23,24,25,26);3-8H,1-2H3,(H,16,17,18);2-4H,5,9H2,1H3;1H4. The van der Waals surface area contributed by atoms with Crippen molar-refractivity contribution in [2.45, 2.75) is 75.4 Å². The van der Waals surface area contributed by atoms with Crippen LogP contribution in [0.3, 0.4) is 0 Å². The quantitative estimate of drug-likeness (QED) is 0.0423. The molecule has 0 atom stereocenters. The summed E-state index contributed by atoms with van der Waals surface area (Å²) < 4.78 is 55.1. The van der Waals surface area contributed by atoms with Crippen LogP contribution in [-0.2, 0) is 32.8 Å². The fraction of sp³-hybridized carbons (Fsp3) is 0.256. The van der Waals surface area contributed by atoms with Gasteiger partial charge in [-0.05, 0) is 87.7 Å². The number of nitrogens with two attached hydrogens (primary N) is 1. The van der Waals surface area contributed by atoms with Crippen molar-refractivity contribution in [1.29, 1.82) is 0 Å². The lowest BCUT2D eigenvalue weighted by atomic mass is 10.1. The van der Waals surface area contributed by atoms with E-state index in [4.69, 9.17) is 45.3 Å². The molecule has 0 bridgehead atoms. The van der Waals surface area contributed by atoms with Crippen molar-refractivity contribution in [1.82, 2.24) is 19.9 Å². The van der Waals surface area contributed by atoms with Gasteiger partial charge in [-0.25, -0.2) is 26.8 Å². The molecule has 19 nitrogen and oxygen atoms in total. The first-order valence-corrected chi connectivity index (χ1v) is 23.7. The van der Waals surface area contributed by atoms with Crippen molar-refractivity contribution < 1.29 is 31.4 Å². The third-order valence-corrected chi connectivity index (χ3v) is 14.4. The highest BCUT2D eigenvalue weighted by Crippen LogP contribution is 2.32. The first kappa shape index (κ1) is 55.1. The zero-order chi connectivity index (χ0) is 48.9. The number of hydrogen-bond acceptors (Lipinski definition) is 17. The number of nitrogens with zero attached hydrogens (tertiary/aromatic N) is 6. The van der Waals surface area contributed by atoms with Crippen LogP contribution < -0.4 is 26.4 Å². The van der Waals surface area contributed by atoms with E-state index in [0.29, 0.717) is 22.7 Å². The van der Waals surface area contributed by atoms with Crippen LogP contribution in [0.25, 0.3) is 0 Å². The zero-order valence-corrected chi connectivity index (χ0v) is 40.1. The van der Waals surface area contributed by atoms with Crippen LogP contribution >= 0.6 is 34.8 Å². The van der Waals surface area contributed by atoms with E-state index in [1.165, 1.54) is 55.9 Å². The molecule has 0 fully saturated rings. The van der Waals surface area contributed by atoms with Gasteiger partial charge in [0.05, 0.1) is 61.0 Å². The number of halogens is 3. The number of nitro benzene ring substituents is 2. The van der Waals surface area contributed by atoms with Crippen molar-refractivity contribution in [2.24, 2.45) is 5.73 Å². The Balaban J connectivity index is 0.000000292. The molecule has 67 heavy (non-hydrogen) atoms. The number of nitrogens with one attached hydrogen (secondary N) is 3. The number of nitro groups is 2. The molecule has 0 aliphatic carbocycles. The Morgan fingerprint density at radius 2 is 1.16 bits per heavy atom. The zero-order valence-electron chi connectivity index (χ0n) is 36.2. The van der Waals surface area contributed by atoms with Gasteiger partial charge in [0.1, 0.15) is 15.8 Å². The third kappa shape index (κ3) is 14.6. The van der Waals surface area contributed by atoms with E-state index in [1.807, 2.05) is 6.92 Å². The van der Waals surface area contributed by atoms with Crippen LogP contribution in [0.5, 0.6) is 5.75 Å².